The molecule has 21 heavy (non-hydrogen) atoms. The molecule has 0 saturated carbocycles. The average molecular weight is 304 g/mol. The van der Waals surface area contributed by atoms with E-state index in [0.29, 0.717) is 5.41 Å². The molecule has 3 heterocycles. The van der Waals surface area contributed by atoms with Gasteiger partial charge < -0.3 is 5.32 Å². The van der Waals surface area contributed by atoms with Crippen LogP contribution in [0.5, 0.6) is 0 Å². The summed E-state index contributed by atoms with van der Waals surface area (Å²) < 4.78 is 0. The average Bonchev–Trinajstić information content (AvgIpc) is 3.09. The van der Waals surface area contributed by atoms with E-state index in [9.17, 15) is 0 Å². The van der Waals surface area contributed by atoms with Crippen LogP contribution in [0.25, 0.3) is 10.9 Å². The van der Waals surface area contributed by atoms with Crippen LogP contribution in [0.15, 0.2) is 36.5 Å². The van der Waals surface area contributed by atoms with Gasteiger partial charge in [-0.2, -0.15) is 0 Å². The van der Waals surface area contributed by atoms with Crippen molar-refractivity contribution in [1.82, 2.24) is 15.2 Å². The first-order chi connectivity index (χ1) is 9.83. The number of likely N-dealkylation sites (tertiary alicyclic amines) is 1. The summed E-state index contributed by atoms with van der Waals surface area (Å²) in [7, 11) is 0. The lowest BCUT2D eigenvalue weighted by molar-refractivity contribution is 0.269. The molecule has 1 N–H and O–H groups in total. The van der Waals surface area contributed by atoms with Crippen molar-refractivity contribution in [2.75, 3.05) is 26.2 Å². The van der Waals surface area contributed by atoms with Crippen LogP contribution in [-0.4, -0.2) is 36.1 Å². The molecule has 2 aromatic rings. The summed E-state index contributed by atoms with van der Waals surface area (Å²) in [5.74, 6) is 0. The molecule has 0 bridgehead atoms. The van der Waals surface area contributed by atoms with Gasteiger partial charge in [0.15, 0.2) is 0 Å². The standard InChI is InChI=1S/C17H21N3.ClH/c1-2-15-10-14(3-4-16(15)19-7-1)11-20-9-6-17(13-20)5-8-18-12-17;/h1-4,7,10,18H,5-6,8-9,11-13H2;1H. The summed E-state index contributed by atoms with van der Waals surface area (Å²) in [4.78, 5) is 7.01. The van der Waals surface area contributed by atoms with Crippen LogP contribution < -0.4 is 5.32 Å². The molecule has 1 aromatic heterocycles. The molecule has 112 valence electrons. The second-order valence-corrected chi connectivity index (χ2v) is 6.42. The summed E-state index contributed by atoms with van der Waals surface area (Å²) in [6, 6.07) is 10.8. The van der Waals surface area contributed by atoms with Crippen LogP contribution in [0.1, 0.15) is 18.4 Å². The number of nitrogens with one attached hydrogen (secondary N) is 1. The normalized spacial score (nSPS) is 25.5. The van der Waals surface area contributed by atoms with Gasteiger partial charge in [-0.1, -0.05) is 12.1 Å². The molecule has 1 unspecified atom stereocenters. The van der Waals surface area contributed by atoms with E-state index in [1.54, 1.807) is 0 Å². The topological polar surface area (TPSA) is 28.2 Å². The first-order valence-corrected chi connectivity index (χ1v) is 7.60. The molecule has 2 fully saturated rings. The lowest BCUT2D eigenvalue weighted by Crippen LogP contribution is -2.28. The van der Waals surface area contributed by atoms with Gasteiger partial charge in [0.1, 0.15) is 0 Å². The number of aromatic nitrogens is 1. The van der Waals surface area contributed by atoms with Gasteiger partial charge in [0, 0.05) is 31.2 Å². The molecule has 1 atom stereocenters. The Bertz CT molecular complexity index is 622. The lowest BCUT2D eigenvalue weighted by Gasteiger charge is -2.22. The van der Waals surface area contributed by atoms with Gasteiger partial charge in [-0.15, -0.1) is 12.4 Å². The minimum absolute atomic E-state index is 0. The van der Waals surface area contributed by atoms with E-state index in [0.717, 1.165) is 12.1 Å². The number of fused-ring (bicyclic) bond motifs is 1. The highest BCUT2D eigenvalue weighted by Crippen LogP contribution is 2.36. The van der Waals surface area contributed by atoms with E-state index >= 15 is 0 Å². The number of pyridine rings is 1. The van der Waals surface area contributed by atoms with Crippen LogP contribution in [0, 0.1) is 5.41 Å². The van der Waals surface area contributed by atoms with Crippen molar-refractivity contribution in [3.63, 3.8) is 0 Å². The van der Waals surface area contributed by atoms with Gasteiger partial charge in [-0.3, -0.25) is 9.88 Å². The number of rotatable bonds is 2. The van der Waals surface area contributed by atoms with Crippen molar-refractivity contribution < 1.29 is 0 Å². The highest BCUT2D eigenvalue weighted by Gasteiger charge is 2.39. The van der Waals surface area contributed by atoms with Crippen LogP contribution in [0.4, 0.5) is 0 Å². The maximum absolute atomic E-state index is 4.39. The molecule has 1 aromatic carbocycles. The zero-order valence-corrected chi connectivity index (χ0v) is 13.0. The number of halogens is 1. The SMILES string of the molecule is Cl.c1cnc2ccc(CN3CCC4(CCNC4)C3)cc2c1. The number of hydrogen-bond acceptors (Lipinski definition) is 3. The Morgan fingerprint density at radius 1 is 1.24 bits per heavy atom. The largest absolute Gasteiger partial charge is 0.316 e. The summed E-state index contributed by atoms with van der Waals surface area (Å²) in [5.41, 5.74) is 3.07. The van der Waals surface area contributed by atoms with Crippen molar-refractivity contribution in [2.24, 2.45) is 5.41 Å². The predicted octanol–water partition coefficient (Wildman–Crippen LogP) is 2.84. The van der Waals surface area contributed by atoms with Gasteiger partial charge in [0.05, 0.1) is 5.52 Å². The zero-order chi connectivity index (χ0) is 13.4. The fourth-order valence-corrected chi connectivity index (χ4v) is 3.79. The number of hydrogen-bond donors (Lipinski definition) is 1. The highest BCUT2D eigenvalue weighted by atomic mass is 35.5. The van der Waals surface area contributed by atoms with Crippen molar-refractivity contribution in [3.8, 4) is 0 Å². The molecular formula is C17H22ClN3. The van der Waals surface area contributed by atoms with E-state index in [2.05, 4.69) is 39.5 Å². The Morgan fingerprint density at radius 2 is 2.19 bits per heavy atom. The van der Waals surface area contributed by atoms with Crippen molar-refractivity contribution >= 4 is 23.3 Å². The third-order valence-corrected chi connectivity index (χ3v) is 4.92. The third-order valence-electron chi connectivity index (χ3n) is 4.92. The minimum Gasteiger partial charge on any atom is -0.316 e. The fourth-order valence-electron chi connectivity index (χ4n) is 3.79. The molecule has 3 nitrogen and oxygen atoms in total. The maximum atomic E-state index is 4.39. The first kappa shape index (κ1) is 14.8. The zero-order valence-electron chi connectivity index (χ0n) is 12.2. The van der Waals surface area contributed by atoms with Gasteiger partial charge in [0.25, 0.3) is 0 Å². The van der Waals surface area contributed by atoms with Crippen LogP contribution in [-0.2, 0) is 6.54 Å². The Labute approximate surface area is 132 Å². The Morgan fingerprint density at radius 3 is 3.05 bits per heavy atom. The van der Waals surface area contributed by atoms with E-state index in [1.807, 2.05) is 12.3 Å². The Hall–Kier alpha value is -1.16. The second kappa shape index (κ2) is 5.91. The molecule has 0 amide bonds. The quantitative estimate of drug-likeness (QED) is 0.925. The summed E-state index contributed by atoms with van der Waals surface area (Å²) in [6.07, 6.45) is 4.57. The summed E-state index contributed by atoms with van der Waals surface area (Å²) in [6.45, 7) is 5.99. The van der Waals surface area contributed by atoms with E-state index in [4.69, 9.17) is 0 Å². The lowest BCUT2D eigenvalue weighted by atomic mass is 9.86. The maximum Gasteiger partial charge on any atom is 0.0702 e. The van der Waals surface area contributed by atoms with E-state index < -0.39 is 0 Å². The fraction of sp³-hybridized carbons (Fsp3) is 0.471. The van der Waals surface area contributed by atoms with Crippen molar-refractivity contribution in [3.05, 3.63) is 42.1 Å². The van der Waals surface area contributed by atoms with E-state index in [1.165, 1.54) is 50.0 Å². The molecule has 2 aliphatic rings. The minimum atomic E-state index is 0. The first-order valence-electron chi connectivity index (χ1n) is 7.60. The second-order valence-electron chi connectivity index (χ2n) is 6.42. The number of benzene rings is 1. The molecule has 4 heteroatoms. The van der Waals surface area contributed by atoms with Crippen LogP contribution >= 0.6 is 12.4 Å². The highest BCUT2D eigenvalue weighted by molar-refractivity contribution is 5.85. The van der Waals surface area contributed by atoms with Crippen LogP contribution in [0.3, 0.4) is 0 Å². The Kier molecular flexibility index (Phi) is 4.16. The van der Waals surface area contributed by atoms with Crippen molar-refractivity contribution in [2.45, 2.75) is 19.4 Å². The molecule has 0 aliphatic carbocycles. The van der Waals surface area contributed by atoms with Crippen LogP contribution in [0.2, 0.25) is 0 Å². The van der Waals surface area contributed by atoms with Gasteiger partial charge in [-0.25, -0.2) is 0 Å². The Balaban J connectivity index is 0.00000132. The summed E-state index contributed by atoms with van der Waals surface area (Å²) >= 11 is 0. The molecule has 2 saturated heterocycles. The third kappa shape index (κ3) is 2.91. The van der Waals surface area contributed by atoms with Crippen molar-refractivity contribution in [1.29, 1.82) is 0 Å². The van der Waals surface area contributed by atoms with Gasteiger partial charge in [-0.05, 0) is 55.1 Å². The van der Waals surface area contributed by atoms with Gasteiger partial charge >= 0.3 is 0 Å². The monoisotopic (exact) mass is 303 g/mol. The molecule has 4 rings (SSSR count). The smallest absolute Gasteiger partial charge is 0.0702 e. The molecular weight excluding hydrogens is 282 g/mol. The molecule has 1 spiro atoms. The summed E-state index contributed by atoms with van der Waals surface area (Å²) in [5, 5.41) is 4.78. The van der Waals surface area contributed by atoms with E-state index in [-0.39, 0.29) is 12.4 Å². The molecule has 0 radical (unpaired) electrons. The molecule has 2 aliphatic heterocycles. The van der Waals surface area contributed by atoms with Gasteiger partial charge in [0.2, 0.25) is 0 Å². The predicted molar refractivity (Wildman–Crippen MR) is 88.8 cm³/mol. The number of nitrogens with zero attached hydrogens (tertiary/aromatic N) is 2.